The van der Waals surface area contributed by atoms with Crippen molar-refractivity contribution in [2.45, 2.75) is 34.2 Å². The van der Waals surface area contributed by atoms with Gasteiger partial charge in [-0.25, -0.2) is 4.79 Å². The molecule has 6 heteroatoms. The number of fused-ring (bicyclic) bond motifs is 1. The highest BCUT2D eigenvalue weighted by molar-refractivity contribution is 6.01. The number of hydrogen-bond acceptors (Lipinski definition) is 4. The summed E-state index contributed by atoms with van der Waals surface area (Å²) < 4.78 is 8.86. The molecule has 0 atom stereocenters. The van der Waals surface area contributed by atoms with Gasteiger partial charge in [-0.15, -0.1) is 0 Å². The van der Waals surface area contributed by atoms with Crippen LogP contribution in [0.5, 0.6) is 0 Å². The minimum absolute atomic E-state index is 0.0974. The molecule has 130 valence electrons. The van der Waals surface area contributed by atoms with Crippen molar-refractivity contribution in [1.82, 2.24) is 14.2 Å². The molecule has 0 spiro atoms. The summed E-state index contributed by atoms with van der Waals surface area (Å²) in [5.74, 6) is -0.508. The summed E-state index contributed by atoms with van der Waals surface area (Å²) in [6.07, 6.45) is 3.67. The van der Waals surface area contributed by atoms with Crippen molar-refractivity contribution < 1.29 is 14.3 Å². The maximum Gasteiger partial charge on any atom is 0.338 e. The topological polar surface area (TPSA) is 65.6 Å². The molecule has 3 aromatic rings. The second-order valence-corrected chi connectivity index (χ2v) is 5.86. The van der Waals surface area contributed by atoms with Crippen LogP contribution in [-0.2, 0) is 11.3 Å². The van der Waals surface area contributed by atoms with Gasteiger partial charge in [-0.2, -0.15) is 5.10 Å². The number of rotatable bonds is 5. The molecule has 0 N–H and O–H groups in total. The number of aryl methyl sites for hydroxylation is 1. The van der Waals surface area contributed by atoms with Gasteiger partial charge in [0.1, 0.15) is 0 Å². The van der Waals surface area contributed by atoms with Gasteiger partial charge >= 0.3 is 5.97 Å². The average Bonchev–Trinajstić information content (AvgIpc) is 3.19. The smallest absolute Gasteiger partial charge is 0.338 e. The molecule has 0 unspecified atom stereocenters. The maximum atomic E-state index is 12.3. The van der Waals surface area contributed by atoms with Crippen LogP contribution < -0.4 is 0 Å². The molecule has 3 heterocycles. The first-order chi connectivity index (χ1) is 12.0. The van der Waals surface area contributed by atoms with E-state index in [1.807, 2.05) is 34.3 Å². The van der Waals surface area contributed by atoms with Gasteiger partial charge in [0.15, 0.2) is 5.78 Å². The second-order valence-electron chi connectivity index (χ2n) is 5.86. The molecule has 0 aliphatic heterocycles. The van der Waals surface area contributed by atoms with E-state index in [9.17, 15) is 9.59 Å². The van der Waals surface area contributed by atoms with Crippen LogP contribution in [0.25, 0.3) is 16.8 Å². The molecule has 0 aromatic carbocycles. The first kappa shape index (κ1) is 17.0. The van der Waals surface area contributed by atoms with Crippen LogP contribution in [0.15, 0.2) is 30.6 Å². The minimum atomic E-state index is -0.411. The fraction of sp³-hybridized carbons (Fsp3) is 0.316. The average molecular weight is 339 g/mol. The van der Waals surface area contributed by atoms with Gasteiger partial charge in [0.2, 0.25) is 0 Å². The van der Waals surface area contributed by atoms with Crippen molar-refractivity contribution in [2.75, 3.05) is 6.61 Å². The number of carbonyl (C=O) groups is 2. The maximum absolute atomic E-state index is 12.3. The van der Waals surface area contributed by atoms with Gasteiger partial charge in [-0.1, -0.05) is 0 Å². The number of ether oxygens (including phenoxy) is 1. The van der Waals surface area contributed by atoms with E-state index in [4.69, 9.17) is 4.74 Å². The van der Waals surface area contributed by atoms with Gasteiger partial charge in [0.25, 0.3) is 0 Å². The summed E-state index contributed by atoms with van der Waals surface area (Å²) >= 11 is 0. The number of Topliss-reactive ketones (excluding diaryl/α,β-unsaturated/α-hetero) is 1. The van der Waals surface area contributed by atoms with Crippen LogP contribution in [0.2, 0.25) is 0 Å². The molecular formula is C19H21N3O3. The van der Waals surface area contributed by atoms with Crippen LogP contribution >= 0.6 is 0 Å². The fourth-order valence-corrected chi connectivity index (χ4v) is 3.17. The van der Waals surface area contributed by atoms with Gasteiger partial charge in [-0.3, -0.25) is 9.48 Å². The molecule has 0 bridgehead atoms. The van der Waals surface area contributed by atoms with Crippen LogP contribution in [0, 0.1) is 6.92 Å². The summed E-state index contributed by atoms with van der Waals surface area (Å²) in [7, 11) is 0. The van der Waals surface area contributed by atoms with Crippen molar-refractivity contribution in [3.63, 3.8) is 0 Å². The van der Waals surface area contributed by atoms with Gasteiger partial charge in [-0.05, 0) is 44.5 Å². The molecule has 0 aliphatic rings. The zero-order valence-electron chi connectivity index (χ0n) is 14.9. The zero-order valence-corrected chi connectivity index (χ0v) is 14.9. The van der Waals surface area contributed by atoms with Crippen molar-refractivity contribution in [1.29, 1.82) is 0 Å². The van der Waals surface area contributed by atoms with E-state index in [0.29, 0.717) is 23.4 Å². The second kappa shape index (κ2) is 6.55. The van der Waals surface area contributed by atoms with E-state index in [2.05, 4.69) is 5.10 Å². The molecule has 0 fully saturated rings. The molecular weight excluding hydrogens is 318 g/mol. The Kier molecular flexibility index (Phi) is 4.44. The Bertz CT molecular complexity index is 966. The first-order valence-electron chi connectivity index (χ1n) is 8.33. The minimum Gasteiger partial charge on any atom is -0.462 e. The Balaban J connectivity index is 2.26. The number of ketones is 1. The predicted molar refractivity (Wildman–Crippen MR) is 95.0 cm³/mol. The van der Waals surface area contributed by atoms with Crippen LogP contribution in [0.1, 0.15) is 47.2 Å². The standard InChI is InChI=1S/C19H21N3O3/c1-5-22-17(7-8-20-22)14-9-15-10-16(19(24)25-6-2)12(3)18(13(4)23)21(15)11-14/h7-11H,5-6H2,1-4H3. The predicted octanol–water partition coefficient (Wildman–Crippen LogP) is 3.51. The third-order valence-corrected chi connectivity index (χ3v) is 4.28. The van der Waals surface area contributed by atoms with Crippen LogP contribution in [0.3, 0.4) is 0 Å². The Labute approximate surface area is 146 Å². The van der Waals surface area contributed by atoms with Gasteiger partial charge in [0.05, 0.1) is 23.6 Å². The number of esters is 1. The highest BCUT2D eigenvalue weighted by Crippen LogP contribution is 2.27. The third kappa shape index (κ3) is 2.84. The van der Waals surface area contributed by atoms with Crippen molar-refractivity contribution in [3.8, 4) is 11.3 Å². The molecule has 0 radical (unpaired) electrons. The first-order valence-corrected chi connectivity index (χ1v) is 8.33. The van der Waals surface area contributed by atoms with E-state index in [1.165, 1.54) is 6.92 Å². The van der Waals surface area contributed by atoms with Crippen molar-refractivity contribution in [3.05, 3.63) is 47.4 Å². The molecule has 0 saturated carbocycles. The Morgan fingerprint density at radius 3 is 2.64 bits per heavy atom. The Morgan fingerprint density at radius 2 is 2.00 bits per heavy atom. The highest BCUT2D eigenvalue weighted by atomic mass is 16.5. The normalized spacial score (nSPS) is 11.0. The SMILES string of the molecule is CCOC(=O)c1cc2cc(-c3ccnn3CC)cn2c(C(C)=O)c1C. The van der Waals surface area contributed by atoms with E-state index in [0.717, 1.165) is 23.3 Å². The molecule has 3 rings (SSSR count). The molecule has 6 nitrogen and oxygen atoms in total. The molecule has 0 aliphatic carbocycles. The van der Waals surface area contributed by atoms with E-state index >= 15 is 0 Å². The lowest BCUT2D eigenvalue weighted by Gasteiger charge is -2.12. The number of aromatic nitrogens is 3. The number of pyridine rings is 1. The lowest BCUT2D eigenvalue weighted by Crippen LogP contribution is -2.13. The summed E-state index contributed by atoms with van der Waals surface area (Å²) in [6.45, 7) is 8.11. The number of hydrogen-bond donors (Lipinski definition) is 0. The number of carbonyl (C=O) groups excluding carboxylic acids is 2. The lowest BCUT2D eigenvalue weighted by atomic mass is 10.0. The molecule has 3 aromatic heterocycles. The summed E-state index contributed by atoms with van der Waals surface area (Å²) in [6, 6.07) is 5.67. The lowest BCUT2D eigenvalue weighted by molar-refractivity contribution is 0.0525. The largest absolute Gasteiger partial charge is 0.462 e. The monoisotopic (exact) mass is 339 g/mol. The van der Waals surface area contributed by atoms with Gasteiger partial charge in [0, 0.05) is 36.9 Å². The fourth-order valence-electron chi connectivity index (χ4n) is 3.17. The molecule has 0 amide bonds. The quantitative estimate of drug-likeness (QED) is 0.527. The Morgan fingerprint density at radius 1 is 1.24 bits per heavy atom. The molecule has 25 heavy (non-hydrogen) atoms. The number of nitrogens with zero attached hydrogens (tertiary/aromatic N) is 3. The van der Waals surface area contributed by atoms with E-state index < -0.39 is 5.97 Å². The third-order valence-electron chi connectivity index (χ3n) is 4.28. The summed E-state index contributed by atoms with van der Waals surface area (Å²) in [4.78, 5) is 24.5. The van der Waals surface area contributed by atoms with Crippen molar-refractivity contribution in [2.24, 2.45) is 0 Å². The van der Waals surface area contributed by atoms with Crippen molar-refractivity contribution >= 4 is 17.3 Å². The zero-order chi connectivity index (χ0) is 18.1. The van der Waals surface area contributed by atoms with E-state index in [1.54, 1.807) is 26.1 Å². The molecule has 0 saturated heterocycles. The van der Waals surface area contributed by atoms with Gasteiger partial charge < -0.3 is 9.14 Å². The Hall–Kier alpha value is -2.89. The summed E-state index contributed by atoms with van der Waals surface area (Å²) in [5, 5.41) is 4.29. The highest BCUT2D eigenvalue weighted by Gasteiger charge is 2.20. The summed E-state index contributed by atoms with van der Waals surface area (Å²) in [5.41, 5.74) is 4.24. The van der Waals surface area contributed by atoms with Crippen LogP contribution in [0.4, 0.5) is 0 Å². The van der Waals surface area contributed by atoms with E-state index in [-0.39, 0.29) is 5.78 Å². The van der Waals surface area contributed by atoms with Crippen LogP contribution in [-0.4, -0.2) is 32.5 Å².